The van der Waals surface area contributed by atoms with Gasteiger partial charge in [-0.3, -0.25) is 4.79 Å². The van der Waals surface area contributed by atoms with Crippen LogP contribution in [-0.4, -0.2) is 12.6 Å². The van der Waals surface area contributed by atoms with E-state index in [1.54, 1.807) is 0 Å². The second kappa shape index (κ2) is 3.82. The lowest BCUT2D eigenvalue weighted by atomic mass is 9.90. The predicted molar refractivity (Wildman–Crippen MR) is 54.1 cm³/mol. The number of ether oxygens (including phenoxy) is 1. The molecule has 1 aliphatic heterocycles. The summed E-state index contributed by atoms with van der Waals surface area (Å²) in [4.78, 5) is 11.5. The molecule has 74 valence electrons. The van der Waals surface area contributed by atoms with Gasteiger partial charge in [0.05, 0.1) is 12.5 Å². The average molecular weight is 190 g/mol. The van der Waals surface area contributed by atoms with Crippen LogP contribution in [0, 0.1) is 6.92 Å². The van der Waals surface area contributed by atoms with Gasteiger partial charge in [-0.2, -0.15) is 0 Å². The smallest absolute Gasteiger partial charge is 0.313 e. The molecular weight excluding hydrogens is 176 g/mol. The van der Waals surface area contributed by atoms with Crippen molar-refractivity contribution in [3.63, 3.8) is 0 Å². The summed E-state index contributed by atoms with van der Waals surface area (Å²) in [5.74, 6) is -0.101. The number of benzene rings is 1. The van der Waals surface area contributed by atoms with Crippen molar-refractivity contribution in [3.8, 4) is 0 Å². The van der Waals surface area contributed by atoms with Crippen LogP contribution in [0.5, 0.6) is 0 Å². The summed E-state index contributed by atoms with van der Waals surface area (Å²) in [7, 11) is 0. The molecule has 2 nitrogen and oxygen atoms in total. The van der Waals surface area contributed by atoms with E-state index >= 15 is 0 Å². The Morgan fingerprint density at radius 2 is 2.14 bits per heavy atom. The van der Waals surface area contributed by atoms with E-state index in [0.29, 0.717) is 6.61 Å². The fraction of sp³-hybridized carbons (Fsp3) is 0.417. The number of esters is 1. The highest BCUT2D eigenvalue weighted by Crippen LogP contribution is 2.28. The Hall–Kier alpha value is -1.31. The van der Waals surface area contributed by atoms with Gasteiger partial charge in [-0.25, -0.2) is 0 Å². The lowest BCUT2D eigenvalue weighted by Crippen LogP contribution is -2.22. The number of cyclic esters (lactones) is 1. The van der Waals surface area contributed by atoms with Gasteiger partial charge in [-0.15, -0.1) is 0 Å². The normalized spacial score (nSPS) is 21.8. The van der Waals surface area contributed by atoms with Crippen LogP contribution >= 0.6 is 0 Å². The first-order chi connectivity index (χ1) is 6.79. The number of hydrogen-bond acceptors (Lipinski definition) is 2. The molecule has 0 bridgehead atoms. The van der Waals surface area contributed by atoms with Gasteiger partial charge in [0.25, 0.3) is 0 Å². The van der Waals surface area contributed by atoms with Gasteiger partial charge in [0, 0.05) is 0 Å². The summed E-state index contributed by atoms with van der Waals surface area (Å²) in [6.07, 6.45) is 1.90. The van der Waals surface area contributed by atoms with Crippen LogP contribution in [0.25, 0.3) is 0 Å². The topological polar surface area (TPSA) is 26.3 Å². The second-order valence-electron chi connectivity index (χ2n) is 3.72. The van der Waals surface area contributed by atoms with Gasteiger partial charge in [-0.1, -0.05) is 24.3 Å². The quantitative estimate of drug-likeness (QED) is 0.636. The highest BCUT2D eigenvalue weighted by molar-refractivity contribution is 5.79. The fourth-order valence-corrected chi connectivity index (χ4v) is 1.94. The van der Waals surface area contributed by atoms with Crippen LogP contribution in [-0.2, 0) is 9.53 Å². The first-order valence-corrected chi connectivity index (χ1v) is 5.01. The Morgan fingerprint density at radius 3 is 2.86 bits per heavy atom. The highest BCUT2D eigenvalue weighted by atomic mass is 16.5. The molecule has 1 aromatic carbocycles. The molecule has 1 heterocycles. The first kappa shape index (κ1) is 9.25. The Labute approximate surface area is 83.9 Å². The molecule has 0 spiro atoms. The predicted octanol–water partition coefficient (Wildman–Crippen LogP) is 2.42. The minimum absolute atomic E-state index is 0.0371. The Kier molecular flexibility index (Phi) is 2.53. The zero-order valence-corrected chi connectivity index (χ0v) is 8.32. The van der Waals surface area contributed by atoms with E-state index in [1.807, 2.05) is 31.2 Å². The van der Waals surface area contributed by atoms with Gasteiger partial charge in [0.2, 0.25) is 0 Å². The summed E-state index contributed by atoms with van der Waals surface area (Å²) in [5.41, 5.74) is 2.30. The van der Waals surface area contributed by atoms with Gasteiger partial charge in [0.15, 0.2) is 0 Å². The van der Waals surface area contributed by atoms with Crippen molar-refractivity contribution in [1.29, 1.82) is 0 Å². The van der Waals surface area contributed by atoms with Crippen molar-refractivity contribution in [1.82, 2.24) is 0 Å². The minimum Gasteiger partial charge on any atom is -0.465 e. The molecule has 2 heteroatoms. The van der Waals surface area contributed by atoms with Crippen molar-refractivity contribution in [2.24, 2.45) is 0 Å². The van der Waals surface area contributed by atoms with E-state index in [2.05, 4.69) is 0 Å². The van der Waals surface area contributed by atoms with Crippen LogP contribution < -0.4 is 0 Å². The van der Waals surface area contributed by atoms with Crippen molar-refractivity contribution < 1.29 is 9.53 Å². The van der Waals surface area contributed by atoms with E-state index < -0.39 is 0 Å². The molecular formula is C12H14O2. The van der Waals surface area contributed by atoms with Crippen molar-refractivity contribution in [2.45, 2.75) is 25.7 Å². The number of hydrogen-bond donors (Lipinski definition) is 0. The van der Waals surface area contributed by atoms with Crippen LogP contribution in [0.15, 0.2) is 24.3 Å². The van der Waals surface area contributed by atoms with Crippen LogP contribution in [0.1, 0.15) is 29.9 Å². The summed E-state index contributed by atoms with van der Waals surface area (Å²) in [6, 6.07) is 8.03. The van der Waals surface area contributed by atoms with Gasteiger partial charge < -0.3 is 4.74 Å². The monoisotopic (exact) mass is 190 g/mol. The maximum atomic E-state index is 11.5. The van der Waals surface area contributed by atoms with Gasteiger partial charge >= 0.3 is 5.97 Å². The van der Waals surface area contributed by atoms with Crippen molar-refractivity contribution in [2.75, 3.05) is 6.61 Å². The molecule has 1 aliphatic rings. The van der Waals surface area contributed by atoms with Crippen LogP contribution in [0.2, 0.25) is 0 Å². The molecule has 0 N–H and O–H groups in total. The molecule has 0 amide bonds. The fourth-order valence-electron chi connectivity index (χ4n) is 1.94. The molecule has 14 heavy (non-hydrogen) atoms. The summed E-state index contributed by atoms with van der Waals surface area (Å²) >= 11 is 0. The van der Waals surface area contributed by atoms with Crippen molar-refractivity contribution in [3.05, 3.63) is 35.4 Å². The zero-order chi connectivity index (χ0) is 9.97. The van der Waals surface area contributed by atoms with Crippen molar-refractivity contribution >= 4 is 5.97 Å². The molecule has 0 unspecified atom stereocenters. The number of aryl methyl sites for hydroxylation is 1. The maximum absolute atomic E-state index is 11.5. The Morgan fingerprint density at radius 1 is 1.36 bits per heavy atom. The standard InChI is InChI=1S/C12H14O2/c1-9-5-2-3-6-10(9)11-7-4-8-14-12(11)13/h2-3,5-6,11H,4,7-8H2,1H3/t11-/m1/s1. The van der Waals surface area contributed by atoms with E-state index in [9.17, 15) is 4.79 Å². The number of carbonyl (C=O) groups excluding carboxylic acids is 1. The SMILES string of the molecule is Cc1ccccc1[C@H]1CCCOC1=O. The maximum Gasteiger partial charge on any atom is 0.313 e. The summed E-state index contributed by atoms with van der Waals surface area (Å²) < 4.78 is 5.06. The lowest BCUT2D eigenvalue weighted by molar-refractivity contribution is -0.149. The minimum atomic E-state index is -0.0643. The largest absolute Gasteiger partial charge is 0.465 e. The molecule has 1 saturated heterocycles. The van der Waals surface area contributed by atoms with Gasteiger partial charge in [0.1, 0.15) is 0 Å². The average Bonchev–Trinajstić information content (AvgIpc) is 2.20. The molecule has 0 saturated carbocycles. The number of carbonyl (C=O) groups is 1. The zero-order valence-electron chi connectivity index (χ0n) is 8.32. The molecule has 2 rings (SSSR count). The summed E-state index contributed by atoms with van der Waals surface area (Å²) in [5, 5.41) is 0. The van der Waals surface area contributed by atoms with Crippen LogP contribution in [0.4, 0.5) is 0 Å². The number of rotatable bonds is 1. The third-order valence-corrected chi connectivity index (χ3v) is 2.73. The molecule has 1 atom stereocenters. The Balaban J connectivity index is 2.29. The lowest BCUT2D eigenvalue weighted by Gasteiger charge is -2.22. The Bertz CT molecular complexity index is 344. The molecule has 0 aromatic heterocycles. The third kappa shape index (κ3) is 1.65. The third-order valence-electron chi connectivity index (χ3n) is 2.73. The molecule has 0 radical (unpaired) electrons. The van der Waals surface area contributed by atoms with Gasteiger partial charge in [-0.05, 0) is 30.9 Å². The first-order valence-electron chi connectivity index (χ1n) is 5.01. The molecule has 0 aliphatic carbocycles. The van der Waals surface area contributed by atoms with E-state index in [4.69, 9.17) is 4.74 Å². The summed E-state index contributed by atoms with van der Waals surface area (Å²) in [6.45, 7) is 2.62. The van der Waals surface area contributed by atoms with Crippen LogP contribution in [0.3, 0.4) is 0 Å². The molecule has 1 aromatic rings. The second-order valence-corrected chi connectivity index (χ2v) is 3.72. The highest BCUT2D eigenvalue weighted by Gasteiger charge is 2.26. The molecule has 1 fully saturated rings. The van der Waals surface area contributed by atoms with E-state index in [1.165, 1.54) is 5.56 Å². The van der Waals surface area contributed by atoms with E-state index in [0.717, 1.165) is 18.4 Å². The van der Waals surface area contributed by atoms with E-state index in [-0.39, 0.29) is 11.9 Å².